The number of carbonyl (C=O) groups is 1. The number of hydrogen-bond donors (Lipinski definition) is 1. The van der Waals surface area contributed by atoms with E-state index in [0.29, 0.717) is 44.1 Å². The van der Waals surface area contributed by atoms with E-state index in [1.165, 1.54) is 17.0 Å². The number of piperazine rings is 1. The SMILES string of the molecule is CC1CN(C(=O)O)CCN1C1=NCCOc2ccc(-c3ccc(C(F)(F)F)cc3)cc21. The van der Waals surface area contributed by atoms with Crippen LogP contribution in [0.25, 0.3) is 11.1 Å². The fourth-order valence-electron chi connectivity index (χ4n) is 3.95. The highest BCUT2D eigenvalue weighted by molar-refractivity contribution is 6.02. The number of ether oxygens (including phenoxy) is 1. The number of hydrogen-bond acceptors (Lipinski definition) is 4. The lowest BCUT2D eigenvalue weighted by molar-refractivity contribution is -0.137. The maximum absolute atomic E-state index is 12.9. The predicted molar refractivity (Wildman–Crippen MR) is 110 cm³/mol. The van der Waals surface area contributed by atoms with E-state index in [1.54, 1.807) is 6.07 Å². The van der Waals surface area contributed by atoms with Crippen LogP contribution in [-0.2, 0) is 6.18 Å². The van der Waals surface area contributed by atoms with Crippen LogP contribution in [0.2, 0.25) is 0 Å². The summed E-state index contributed by atoms with van der Waals surface area (Å²) >= 11 is 0. The fourth-order valence-corrected chi connectivity index (χ4v) is 3.95. The Morgan fingerprint density at radius 3 is 2.48 bits per heavy atom. The molecule has 9 heteroatoms. The van der Waals surface area contributed by atoms with E-state index >= 15 is 0 Å². The minimum Gasteiger partial charge on any atom is -0.491 e. The standard InChI is InChI=1S/C22H22F3N3O3/c1-14-13-27(21(29)30)9-10-28(14)20-18-12-16(4-7-19(18)31-11-8-26-20)15-2-5-17(6-3-15)22(23,24)25/h2-7,12,14H,8-11,13H2,1H3,(H,29,30). The molecule has 0 saturated carbocycles. The Kier molecular flexibility index (Phi) is 5.51. The molecular formula is C22H22F3N3O3. The van der Waals surface area contributed by atoms with Gasteiger partial charge < -0.3 is 19.6 Å². The van der Waals surface area contributed by atoms with Crippen LogP contribution in [-0.4, -0.2) is 65.7 Å². The first kappa shape index (κ1) is 21.0. The van der Waals surface area contributed by atoms with Gasteiger partial charge in [-0.1, -0.05) is 18.2 Å². The van der Waals surface area contributed by atoms with Gasteiger partial charge in [-0.2, -0.15) is 13.2 Å². The molecule has 1 fully saturated rings. The number of benzene rings is 2. The normalized spacial score (nSPS) is 19.2. The molecule has 6 nitrogen and oxygen atoms in total. The van der Waals surface area contributed by atoms with Gasteiger partial charge >= 0.3 is 12.3 Å². The van der Waals surface area contributed by atoms with Crippen LogP contribution >= 0.6 is 0 Å². The lowest BCUT2D eigenvalue weighted by Crippen LogP contribution is -2.55. The zero-order chi connectivity index (χ0) is 22.2. The molecule has 1 atom stereocenters. The molecule has 0 bridgehead atoms. The van der Waals surface area contributed by atoms with Crippen molar-refractivity contribution in [3.8, 4) is 16.9 Å². The quantitative estimate of drug-likeness (QED) is 0.732. The van der Waals surface area contributed by atoms with E-state index in [9.17, 15) is 23.1 Å². The van der Waals surface area contributed by atoms with Gasteiger partial charge in [-0.05, 0) is 42.3 Å². The number of nitrogens with zero attached hydrogens (tertiary/aromatic N) is 3. The van der Waals surface area contributed by atoms with Crippen LogP contribution in [0.15, 0.2) is 47.5 Å². The van der Waals surface area contributed by atoms with Crippen molar-refractivity contribution < 1.29 is 27.8 Å². The molecule has 2 aromatic carbocycles. The van der Waals surface area contributed by atoms with Crippen molar-refractivity contribution in [1.29, 1.82) is 0 Å². The van der Waals surface area contributed by atoms with Gasteiger partial charge in [0.25, 0.3) is 0 Å². The second kappa shape index (κ2) is 8.13. The highest BCUT2D eigenvalue weighted by atomic mass is 19.4. The van der Waals surface area contributed by atoms with Crippen molar-refractivity contribution in [2.24, 2.45) is 4.99 Å². The topological polar surface area (TPSA) is 65.4 Å². The third kappa shape index (κ3) is 4.30. The largest absolute Gasteiger partial charge is 0.491 e. The van der Waals surface area contributed by atoms with E-state index in [0.717, 1.165) is 29.1 Å². The minimum atomic E-state index is -4.38. The summed E-state index contributed by atoms with van der Waals surface area (Å²) in [4.78, 5) is 19.5. The summed E-state index contributed by atoms with van der Waals surface area (Å²) < 4.78 is 44.5. The number of amides is 1. The summed E-state index contributed by atoms with van der Waals surface area (Å²) in [5.74, 6) is 1.37. The summed E-state index contributed by atoms with van der Waals surface area (Å²) in [6.07, 6.45) is -5.32. The summed E-state index contributed by atoms with van der Waals surface area (Å²) in [7, 11) is 0. The average Bonchev–Trinajstić information content (AvgIpc) is 2.95. The molecule has 1 amide bonds. The Morgan fingerprint density at radius 1 is 1.13 bits per heavy atom. The number of alkyl halides is 3. The zero-order valence-corrected chi connectivity index (χ0v) is 16.9. The van der Waals surface area contributed by atoms with E-state index < -0.39 is 17.8 Å². The van der Waals surface area contributed by atoms with Crippen LogP contribution in [0.4, 0.5) is 18.0 Å². The molecule has 164 valence electrons. The van der Waals surface area contributed by atoms with Gasteiger partial charge in [-0.25, -0.2) is 4.79 Å². The smallest absolute Gasteiger partial charge is 0.416 e. The first-order chi connectivity index (χ1) is 14.7. The van der Waals surface area contributed by atoms with Crippen LogP contribution < -0.4 is 4.74 Å². The first-order valence-corrected chi connectivity index (χ1v) is 9.98. The Hall–Kier alpha value is -3.23. The number of halogens is 3. The van der Waals surface area contributed by atoms with Crippen molar-refractivity contribution >= 4 is 11.9 Å². The van der Waals surface area contributed by atoms with Crippen LogP contribution in [0.1, 0.15) is 18.1 Å². The van der Waals surface area contributed by atoms with Gasteiger partial charge in [-0.3, -0.25) is 4.99 Å². The van der Waals surface area contributed by atoms with Crippen molar-refractivity contribution in [2.45, 2.75) is 19.1 Å². The van der Waals surface area contributed by atoms with Crippen molar-refractivity contribution in [3.63, 3.8) is 0 Å². The molecular weight excluding hydrogens is 411 g/mol. The summed E-state index contributed by atoms with van der Waals surface area (Å²) in [5.41, 5.74) is 1.47. The molecule has 31 heavy (non-hydrogen) atoms. The molecule has 4 rings (SSSR count). The van der Waals surface area contributed by atoms with Gasteiger partial charge in [0, 0.05) is 25.7 Å². The van der Waals surface area contributed by atoms with Crippen LogP contribution in [0.3, 0.4) is 0 Å². The van der Waals surface area contributed by atoms with E-state index in [4.69, 9.17) is 9.73 Å². The van der Waals surface area contributed by atoms with Crippen molar-refractivity contribution in [2.75, 3.05) is 32.8 Å². The van der Waals surface area contributed by atoms with Gasteiger partial charge in [0.2, 0.25) is 0 Å². The molecule has 0 spiro atoms. The van der Waals surface area contributed by atoms with E-state index in [1.807, 2.05) is 19.1 Å². The number of fused-ring (bicyclic) bond motifs is 1. The molecule has 1 unspecified atom stereocenters. The second-order valence-corrected chi connectivity index (χ2v) is 7.61. The monoisotopic (exact) mass is 433 g/mol. The van der Waals surface area contributed by atoms with Crippen molar-refractivity contribution in [3.05, 3.63) is 53.6 Å². The van der Waals surface area contributed by atoms with E-state index in [-0.39, 0.29) is 6.04 Å². The summed E-state index contributed by atoms with van der Waals surface area (Å²) in [6, 6.07) is 10.5. The van der Waals surface area contributed by atoms with E-state index in [2.05, 4.69) is 4.90 Å². The first-order valence-electron chi connectivity index (χ1n) is 9.98. The molecule has 2 heterocycles. The zero-order valence-electron chi connectivity index (χ0n) is 16.9. The lowest BCUT2D eigenvalue weighted by atomic mass is 9.99. The molecule has 2 aliphatic rings. The molecule has 2 aromatic rings. The number of aliphatic imine (C=N–C) groups is 1. The van der Waals surface area contributed by atoms with Gasteiger partial charge in [-0.15, -0.1) is 0 Å². The Balaban J connectivity index is 1.67. The highest BCUT2D eigenvalue weighted by Gasteiger charge is 2.32. The lowest BCUT2D eigenvalue weighted by Gasteiger charge is -2.40. The molecule has 0 radical (unpaired) electrons. The van der Waals surface area contributed by atoms with Crippen molar-refractivity contribution in [1.82, 2.24) is 9.80 Å². The minimum absolute atomic E-state index is 0.0794. The molecule has 0 aromatic heterocycles. The average molecular weight is 433 g/mol. The number of rotatable bonds is 1. The predicted octanol–water partition coefficient (Wildman–Crippen LogP) is 4.20. The maximum atomic E-state index is 12.9. The molecule has 1 saturated heterocycles. The Bertz CT molecular complexity index is 1010. The van der Waals surface area contributed by atoms with Crippen LogP contribution in [0, 0.1) is 0 Å². The second-order valence-electron chi connectivity index (χ2n) is 7.61. The number of amidine groups is 1. The third-order valence-electron chi connectivity index (χ3n) is 5.55. The maximum Gasteiger partial charge on any atom is 0.416 e. The molecule has 2 aliphatic heterocycles. The third-order valence-corrected chi connectivity index (χ3v) is 5.55. The van der Waals surface area contributed by atoms with Crippen LogP contribution in [0.5, 0.6) is 5.75 Å². The molecule has 0 aliphatic carbocycles. The summed E-state index contributed by atoms with van der Waals surface area (Å²) in [6.45, 7) is 4.06. The Morgan fingerprint density at radius 2 is 1.84 bits per heavy atom. The summed E-state index contributed by atoms with van der Waals surface area (Å²) in [5, 5.41) is 9.27. The fraction of sp³-hybridized carbons (Fsp3) is 0.364. The number of carboxylic acid groups (broad SMARTS) is 1. The van der Waals surface area contributed by atoms with Gasteiger partial charge in [0.15, 0.2) is 0 Å². The highest BCUT2D eigenvalue weighted by Crippen LogP contribution is 2.33. The Labute approximate surface area is 177 Å². The van der Waals surface area contributed by atoms with Gasteiger partial charge in [0.05, 0.1) is 17.7 Å². The van der Waals surface area contributed by atoms with Gasteiger partial charge in [0.1, 0.15) is 18.2 Å². The molecule has 1 N–H and O–H groups in total.